The zero-order chi connectivity index (χ0) is 25.3. The lowest BCUT2D eigenvalue weighted by Crippen LogP contribution is -2.45. The van der Waals surface area contributed by atoms with Gasteiger partial charge in [-0.05, 0) is 62.9 Å². The van der Waals surface area contributed by atoms with E-state index in [0.29, 0.717) is 25.2 Å². The molecule has 11 heteroatoms. The van der Waals surface area contributed by atoms with E-state index in [1.807, 2.05) is 13.8 Å². The molecular weight excluding hydrogens is 467 g/mol. The van der Waals surface area contributed by atoms with Crippen LogP contribution in [0.25, 0.3) is 0 Å². The quantitative estimate of drug-likeness (QED) is 0.391. The summed E-state index contributed by atoms with van der Waals surface area (Å²) in [4.78, 5) is 6.90. The summed E-state index contributed by atoms with van der Waals surface area (Å²) >= 11 is 0. The molecule has 1 unspecified atom stereocenters. The molecule has 34 heavy (non-hydrogen) atoms. The molecule has 0 spiro atoms. The molecule has 2 aliphatic heterocycles. The Bertz CT molecular complexity index is 1110. The van der Waals surface area contributed by atoms with Crippen LogP contribution in [0.3, 0.4) is 0 Å². The summed E-state index contributed by atoms with van der Waals surface area (Å²) in [5.41, 5.74) is 8.07. The van der Waals surface area contributed by atoms with Gasteiger partial charge in [0.25, 0.3) is 0 Å². The van der Waals surface area contributed by atoms with Gasteiger partial charge in [-0.2, -0.15) is 13.2 Å². The van der Waals surface area contributed by atoms with E-state index in [-0.39, 0.29) is 16.7 Å². The third-order valence-corrected chi connectivity index (χ3v) is 8.16. The summed E-state index contributed by atoms with van der Waals surface area (Å²) in [6.07, 6.45) is -0.960. The van der Waals surface area contributed by atoms with Gasteiger partial charge >= 0.3 is 6.18 Å². The number of nitrogens with two attached hydrogens (primary N) is 2. The Labute approximate surface area is 198 Å². The van der Waals surface area contributed by atoms with E-state index in [9.17, 15) is 21.6 Å². The van der Waals surface area contributed by atoms with Gasteiger partial charge in [-0.25, -0.2) is 19.3 Å². The molecule has 0 fully saturated rings. The number of alkyl halides is 3. The molecule has 0 aromatic heterocycles. The number of hydrazine groups is 1. The Morgan fingerprint density at radius 2 is 1.74 bits per heavy atom. The van der Waals surface area contributed by atoms with Crippen LogP contribution in [-0.2, 0) is 16.0 Å². The lowest BCUT2D eigenvalue weighted by atomic mass is 9.99. The molecule has 7 nitrogen and oxygen atoms in total. The molecule has 3 rings (SSSR count). The lowest BCUT2D eigenvalue weighted by Gasteiger charge is -2.36. The average Bonchev–Trinajstić information content (AvgIpc) is 3.14. The van der Waals surface area contributed by atoms with Crippen molar-refractivity contribution >= 4 is 15.7 Å². The van der Waals surface area contributed by atoms with Gasteiger partial charge in [0.1, 0.15) is 17.4 Å². The number of unbranched alkanes of at least 4 members (excludes halogenated alkanes) is 2. The van der Waals surface area contributed by atoms with Crippen LogP contribution in [0.1, 0.15) is 58.4 Å². The van der Waals surface area contributed by atoms with E-state index in [1.165, 1.54) is 5.01 Å². The van der Waals surface area contributed by atoms with Crippen LogP contribution < -0.4 is 11.6 Å². The van der Waals surface area contributed by atoms with E-state index in [0.717, 1.165) is 66.3 Å². The molecule has 0 radical (unpaired) electrons. The van der Waals surface area contributed by atoms with Crippen molar-refractivity contribution in [3.05, 3.63) is 52.6 Å². The van der Waals surface area contributed by atoms with Gasteiger partial charge in [0.05, 0.1) is 22.3 Å². The second-order valence-electron chi connectivity index (χ2n) is 8.68. The molecule has 2 heterocycles. The maximum Gasteiger partial charge on any atom is 0.416 e. The molecule has 1 atom stereocenters. The number of sulfone groups is 1. The van der Waals surface area contributed by atoms with E-state index >= 15 is 0 Å². The summed E-state index contributed by atoms with van der Waals surface area (Å²) in [5.74, 6) is 7.35. The molecular formula is C23H32F3N5O2S. The number of halogens is 3. The number of benzene rings is 1. The maximum absolute atomic E-state index is 12.7. The number of rotatable bonds is 9. The molecule has 0 amide bonds. The molecule has 0 bridgehead atoms. The summed E-state index contributed by atoms with van der Waals surface area (Å²) in [6.45, 7) is 6.70. The zero-order valence-electron chi connectivity index (χ0n) is 19.7. The van der Waals surface area contributed by atoms with Crippen LogP contribution in [0.5, 0.6) is 0 Å². The second kappa shape index (κ2) is 9.99. The fourth-order valence-corrected chi connectivity index (χ4v) is 5.66. The Balaban J connectivity index is 1.60. The predicted octanol–water partition coefficient (Wildman–Crippen LogP) is 4.14. The van der Waals surface area contributed by atoms with Crippen LogP contribution in [0.4, 0.5) is 13.2 Å². The van der Waals surface area contributed by atoms with Crippen LogP contribution in [0.15, 0.2) is 56.9 Å². The average molecular weight is 500 g/mol. The molecule has 2 aliphatic rings. The highest BCUT2D eigenvalue weighted by molar-refractivity contribution is 7.91. The molecule has 1 aromatic rings. The highest BCUT2D eigenvalue weighted by atomic mass is 32.2. The van der Waals surface area contributed by atoms with Crippen molar-refractivity contribution in [2.24, 2.45) is 16.6 Å². The number of fused-ring (bicyclic) bond motifs is 1. The Kier molecular flexibility index (Phi) is 7.66. The highest BCUT2D eigenvalue weighted by Crippen LogP contribution is 2.36. The molecule has 1 aromatic carbocycles. The van der Waals surface area contributed by atoms with Crippen LogP contribution in [0, 0.1) is 0 Å². The van der Waals surface area contributed by atoms with Gasteiger partial charge in [-0.1, -0.05) is 13.3 Å². The minimum atomic E-state index is -4.50. The molecule has 188 valence electrons. The number of aliphatic imine (C=N–C) groups is 1. The number of allylic oxidation sites excluding steroid dienone is 1. The minimum absolute atomic E-state index is 0.0720. The number of amidine groups is 1. The number of hydrogen-bond acceptors (Lipinski definition) is 7. The summed E-state index contributed by atoms with van der Waals surface area (Å²) < 4.78 is 63.2. The van der Waals surface area contributed by atoms with E-state index in [4.69, 9.17) is 16.6 Å². The highest BCUT2D eigenvalue weighted by Gasteiger charge is 2.39. The first-order valence-electron chi connectivity index (χ1n) is 11.3. The van der Waals surface area contributed by atoms with Gasteiger partial charge in [0, 0.05) is 18.7 Å². The lowest BCUT2D eigenvalue weighted by molar-refractivity contribution is -0.137. The number of nitrogens with zero attached hydrogens (tertiary/aromatic N) is 3. The molecule has 0 aliphatic carbocycles. The Morgan fingerprint density at radius 1 is 1.09 bits per heavy atom. The van der Waals surface area contributed by atoms with Crippen molar-refractivity contribution < 1.29 is 21.6 Å². The Morgan fingerprint density at radius 3 is 2.32 bits per heavy atom. The van der Waals surface area contributed by atoms with Gasteiger partial charge < -0.3 is 10.6 Å². The van der Waals surface area contributed by atoms with Crippen molar-refractivity contribution in [1.29, 1.82) is 0 Å². The first kappa shape index (κ1) is 26.1. The third kappa shape index (κ3) is 5.25. The first-order chi connectivity index (χ1) is 15.9. The van der Waals surface area contributed by atoms with Crippen molar-refractivity contribution in [2.45, 2.75) is 70.0 Å². The van der Waals surface area contributed by atoms with Crippen molar-refractivity contribution in [3.63, 3.8) is 0 Å². The molecule has 0 saturated heterocycles. The van der Waals surface area contributed by atoms with Crippen molar-refractivity contribution in [3.8, 4) is 0 Å². The fraction of sp³-hybridized carbons (Fsp3) is 0.522. The fourth-order valence-electron chi connectivity index (χ4n) is 4.29. The minimum Gasteiger partial charge on any atom is -0.382 e. The maximum atomic E-state index is 12.7. The van der Waals surface area contributed by atoms with Crippen molar-refractivity contribution in [1.82, 2.24) is 9.91 Å². The molecule has 0 saturated carbocycles. The van der Waals surface area contributed by atoms with E-state index in [1.54, 1.807) is 0 Å². The smallest absolute Gasteiger partial charge is 0.382 e. The van der Waals surface area contributed by atoms with E-state index < -0.39 is 21.6 Å². The van der Waals surface area contributed by atoms with Crippen LogP contribution in [0.2, 0.25) is 0 Å². The third-order valence-electron chi connectivity index (χ3n) is 6.34. The summed E-state index contributed by atoms with van der Waals surface area (Å²) in [6, 6.07) is 3.58. The van der Waals surface area contributed by atoms with Gasteiger partial charge in [0.15, 0.2) is 9.84 Å². The first-order valence-corrected chi connectivity index (χ1v) is 13.0. The summed E-state index contributed by atoms with van der Waals surface area (Å²) in [7, 11) is -3.65. The summed E-state index contributed by atoms with van der Waals surface area (Å²) in [5, 5.41) is 1.46. The zero-order valence-corrected chi connectivity index (χ0v) is 20.5. The topological polar surface area (TPSA) is 105 Å². The van der Waals surface area contributed by atoms with Crippen molar-refractivity contribution in [2.75, 3.05) is 12.3 Å². The normalized spacial score (nSPS) is 19.1. The van der Waals surface area contributed by atoms with Crippen LogP contribution in [-0.4, -0.2) is 42.5 Å². The monoisotopic (exact) mass is 499 g/mol. The van der Waals surface area contributed by atoms with Crippen LogP contribution >= 0.6 is 0 Å². The largest absolute Gasteiger partial charge is 0.416 e. The molecule has 4 N–H and O–H groups in total. The van der Waals surface area contributed by atoms with E-state index in [2.05, 4.69) is 11.8 Å². The SMILES string of the molecule is CCCC1=NC2=C(N)N(N)C(C)=C(C)C2N1CCCCCS(=O)(=O)c1ccc(C(F)(F)F)cc1. The standard InChI is InChI=1S/C23H32F3N5O2S/c1-4-8-19-29-20-21(15(2)16(3)31(28)22(20)27)30(19)13-6-5-7-14-34(32,33)18-11-9-17(10-12-18)23(24,25)26/h9-12,21H,4-8,13-14,27-28H2,1-3H3. The van der Waals surface area contributed by atoms with Gasteiger partial charge in [0.2, 0.25) is 0 Å². The predicted molar refractivity (Wildman–Crippen MR) is 126 cm³/mol. The number of hydrogen-bond donors (Lipinski definition) is 2. The van der Waals surface area contributed by atoms with Gasteiger partial charge in [-0.3, -0.25) is 5.01 Å². The van der Waals surface area contributed by atoms with Gasteiger partial charge in [-0.15, -0.1) is 0 Å². The second-order valence-corrected chi connectivity index (χ2v) is 10.8. The Hall–Kier alpha value is -2.53.